The number of benzene rings is 1. The number of para-hydroxylation sites is 1. The minimum absolute atomic E-state index is 0.0862. The van der Waals surface area contributed by atoms with Gasteiger partial charge in [-0.2, -0.15) is 4.39 Å². The molecule has 15 heavy (non-hydrogen) atoms. The number of halogens is 1. The van der Waals surface area contributed by atoms with Crippen LogP contribution >= 0.6 is 0 Å². The maximum Gasteiger partial charge on any atom is 0.367 e. The Bertz CT molecular complexity index is 385. The number of phenolic OH excluding ortho intramolecular Hbond substituents is 1. The first-order valence-electron chi connectivity index (χ1n) is 4.47. The molecule has 0 radical (unpaired) electrons. The summed E-state index contributed by atoms with van der Waals surface area (Å²) in [5.74, 6) is -2.14. The van der Waals surface area contributed by atoms with E-state index >= 15 is 0 Å². The molecule has 3 nitrogen and oxygen atoms in total. The van der Waals surface area contributed by atoms with Crippen LogP contribution in [0.2, 0.25) is 0 Å². The van der Waals surface area contributed by atoms with Gasteiger partial charge in [0.1, 0.15) is 5.75 Å². The Labute approximate surface area is 86.8 Å². The average molecular weight is 210 g/mol. The molecule has 1 aromatic carbocycles. The number of carbonyl (C=O) groups excluding carboxylic acids is 1. The molecule has 0 fully saturated rings. The van der Waals surface area contributed by atoms with Crippen LogP contribution in [0, 0.1) is 0 Å². The minimum Gasteiger partial charge on any atom is -0.507 e. The van der Waals surface area contributed by atoms with Crippen molar-refractivity contribution in [2.24, 2.45) is 0 Å². The third-order valence-corrected chi connectivity index (χ3v) is 1.69. The molecule has 0 bridgehead atoms. The van der Waals surface area contributed by atoms with Crippen LogP contribution in [0.15, 0.2) is 30.1 Å². The first-order chi connectivity index (χ1) is 7.15. The quantitative estimate of drug-likeness (QED) is 0.614. The third kappa shape index (κ3) is 3.09. The van der Waals surface area contributed by atoms with E-state index in [0.717, 1.165) is 6.08 Å². The molecule has 80 valence electrons. The van der Waals surface area contributed by atoms with Crippen molar-refractivity contribution in [3.63, 3.8) is 0 Å². The van der Waals surface area contributed by atoms with Crippen LogP contribution < -0.4 is 0 Å². The lowest BCUT2D eigenvalue weighted by Crippen LogP contribution is -2.03. The van der Waals surface area contributed by atoms with E-state index in [1.165, 1.54) is 12.1 Å². The van der Waals surface area contributed by atoms with Gasteiger partial charge >= 0.3 is 5.97 Å². The van der Waals surface area contributed by atoms with Crippen LogP contribution in [-0.4, -0.2) is 17.7 Å². The van der Waals surface area contributed by atoms with Crippen molar-refractivity contribution in [1.82, 2.24) is 0 Å². The number of aromatic hydroxyl groups is 1. The third-order valence-electron chi connectivity index (χ3n) is 1.69. The van der Waals surface area contributed by atoms with Gasteiger partial charge in [0, 0.05) is 5.56 Å². The summed E-state index contributed by atoms with van der Waals surface area (Å²) >= 11 is 0. The van der Waals surface area contributed by atoms with Crippen molar-refractivity contribution in [2.45, 2.75) is 6.92 Å². The van der Waals surface area contributed by atoms with E-state index in [-0.39, 0.29) is 17.9 Å². The molecule has 0 amide bonds. The lowest BCUT2D eigenvalue weighted by Gasteiger charge is -2.00. The molecule has 0 aliphatic rings. The summed E-state index contributed by atoms with van der Waals surface area (Å²) in [6.45, 7) is 1.70. The highest BCUT2D eigenvalue weighted by Gasteiger charge is 2.10. The molecule has 0 aromatic heterocycles. The second-order valence-corrected chi connectivity index (χ2v) is 2.77. The van der Waals surface area contributed by atoms with Crippen molar-refractivity contribution >= 4 is 12.0 Å². The average Bonchev–Trinajstić information content (AvgIpc) is 2.21. The monoisotopic (exact) mass is 210 g/mol. The number of phenols is 1. The summed E-state index contributed by atoms with van der Waals surface area (Å²) in [4.78, 5) is 10.9. The van der Waals surface area contributed by atoms with Crippen LogP contribution in [0.3, 0.4) is 0 Å². The van der Waals surface area contributed by atoms with Gasteiger partial charge in [0.15, 0.2) is 0 Å². The highest BCUT2D eigenvalue weighted by molar-refractivity contribution is 5.91. The largest absolute Gasteiger partial charge is 0.507 e. The standard InChI is InChI=1S/C11H11FO3/c1-2-15-11(14)9(12)7-8-5-3-4-6-10(8)13/h3-7,13H,2H2,1H3. The lowest BCUT2D eigenvalue weighted by molar-refractivity contribution is -0.140. The Morgan fingerprint density at radius 1 is 1.53 bits per heavy atom. The van der Waals surface area contributed by atoms with Gasteiger partial charge in [-0.3, -0.25) is 0 Å². The normalized spacial score (nSPS) is 11.2. The van der Waals surface area contributed by atoms with E-state index in [4.69, 9.17) is 0 Å². The van der Waals surface area contributed by atoms with Gasteiger partial charge in [-0.05, 0) is 19.1 Å². The fraction of sp³-hybridized carbons (Fsp3) is 0.182. The summed E-state index contributed by atoms with van der Waals surface area (Å²) in [6.07, 6.45) is 0.938. The van der Waals surface area contributed by atoms with Gasteiger partial charge < -0.3 is 9.84 Å². The molecule has 1 N–H and O–H groups in total. The molecule has 4 heteroatoms. The van der Waals surface area contributed by atoms with Crippen LogP contribution in [0.4, 0.5) is 4.39 Å². The number of ether oxygens (including phenoxy) is 1. The molecule has 0 spiro atoms. The number of hydrogen-bond acceptors (Lipinski definition) is 3. The summed E-state index contributed by atoms with van der Waals surface area (Å²) in [6, 6.07) is 6.14. The molecule has 0 aliphatic heterocycles. The van der Waals surface area contributed by atoms with Gasteiger partial charge in [-0.15, -0.1) is 0 Å². The molecular formula is C11H11FO3. The van der Waals surface area contributed by atoms with E-state index in [9.17, 15) is 14.3 Å². The Balaban J connectivity index is 2.88. The zero-order valence-electron chi connectivity index (χ0n) is 8.24. The molecule has 1 rings (SSSR count). The van der Waals surface area contributed by atoms with E-state index in [0.29, 0.717) is 0 Å². The van der Waals surface area contributed by atoms with E-state index in [1.54, 1.807) is 19.1 Å². The SMILES string of the molecule is CCOC(=O)C(F)=Cc1ccccc1O. The first-order valence-corrected chi connectivity index (χ1v) is 4.47. The van der Waals surface area contributed by atoms with Crippen molar-refractivity contribution in [2.75, 3.05) is 6.61 Å². The molecule has 0 unspecified atom stereocenters. The fourth-order valence-corrected chi connectivity index (χ4v) is 1.01. The van der Waals surface area contributed by atoms with E-state index < -0.39 is 11.8 Å². The zero-order chi connectivity index (χ0) is 11.3. The van der Waals surface area contributed by atoms with Crippen LogP contribution in [0.5, 0.6) is 5.75 Å². The fourth-order valence-electron chi connectivity index (χ4n) is 1.01. The van der Waals surface area contributed by atoms with Crippen LogP contribution in [0.1, 0.15) is 12.5 Å². The molecule has 0 aliphatic carbocycles. The Hall–Kier alpha value is -1.84. The number of esters is 1. The predicted molar refractivity (Wildman–Crippen MR) is 53.8 cm³/mol. The molecule has 0 saturated carbocycles. The number of carbonyl (C=O) groups is 1. The molecule has 0 heterocycles. The number of rotatable bonds is 3. The zero-order valence-corrected chi connectivity index (χ0v) is 8.24. The van der Waals surface area contributed by atoms with Crippen molar-refractivity contribution < 1.29 is 19.0 Å². The van der Waals surface area contributed by atoms with E-state index in [1.807, 2.05) is 0 Å². The first kappa shape index (κ1) is 11.2. The highest BCUT2D eigenvalue weighted by Crippen LogP contribution is 2.19. The lowest BCUT2D eigenvalue weighted by atomic mass is 10.2. The Morgan fingerprint density at radius 2 is 2.20 bits per heavy atom. The van der Waals surface area contributed by atoms with Gasteiger partial charge in [-0.25, -0.2) is 4.79 Å². The van der Waals surface area contributed by atoms with Gasteiger partial charge in [0.2, 0.25) is 5.83 Å². The predicted octanol–water partition coefficient (Wildman–Crippen LogP) is 2.27. The molecule has 1 aromatic rings. The summed E-state index contributed by atoms with van der Waals surface area (Å²) in [5.41, 5.74) is 0.239. The second-order valence-electron chi connectivity index (χ2n) is 2.77. The van der Waals surface area contributed by atoms with Crippen molar-refractivity contribution in [3.8, 4) is 5.75 Å². The smallest absolute Gasteiger partial charge is 0.367 e. The Morgan fingerprint density at radius 3 is 2.80 bits per heavy atom. The van der Waals surface area contributed by atoms with Gasteiger partial charge in [0.05, 0.1) is 6.61 Å². The van der Waals surface area contributed by atoms with Gasteiger partial charge in [-0.1, -0.05) is 18.2 Å². The maximum atomic E-state index is 13.1. The van der Waals surface area contributed by atoms with Crippen molar-refractivity contribution in [3.05, 3.63) is 35.7 Å². The molecule has 0 atom stereocenters. The maximum absolute atomic E-state index is 13.1. The summed E-state index contributed by atoms with van der Waals surface area (Å²) in [5, 5.41) is 9.31. The van der Waals surface area contributed by atoms with E-state index in [2.05, 4.69) is 4.74 Å². The Kier molecular flexibility index (Phi) is 3.85. The highest BCUT2D eigenvalue weighted by atomic mass is 19.1. The van der Waals surface area contributed by atoms with Crippen LogP contribution in [-0.2, 0) is 9.53 Å². The molecular weight excluding hydrogens is 199 g/mol. The summed E-state index contributed by atoms with van der Waals surface area (Å²) < 4.78 is 17.6. The summed E-state index contributed by atoms with van der Waals surface area (Å²) in [7, 11) is 0. The topological polar surface area (TPSA) is 46.5 Å². The van der Waals surface area contributed by atoms with Crippen molar-refractivity contribution in [1.29, 1.82) is 0 Å². The molecule has 0 saturated heterocycles. The minimum atomic E-state index is -1.03. The number of hydrogen-bond donors (Lipinski definition) is 1. The van der Waals surface area contributed by atoms with Crippen LogP contribution in [0.25, 0.3) is 6.08 Å². The second kappa shape index (κ2) is 5.14. The van der Waals surface area contributed by atoms with Gasteiger partial charge in [0.25, 0.3) is 0 Å².